The Morgan fingerprint density at radius 2 is 2.07 bits per heavy atom. The predicted octanol–water partition coefficient (Wildman–Crippen LogP) is -0.114. The number of carbonyl (C=O) groups is 3. The summed E-state index contributed by atoms with van der Waals surface area (Å²) in [5.41, 5.74) is 0. The fraction of sp³-hybridized carbons (Fsp3) is 0.667. The van der Waals surface area contributed by atoms with Crippen LogP contribution in [0.2, 0.25) is 0 Å². The topological polar surface area (TPSA) is 77.9 Å². The lowest BCUT2D eigenvalue weighted by molar-refractivity contribution is -0.141. The van der Waals surface area contributed by atoms with Gasteiger partial charge in [-0.1, -0.05) is 0 Å². The molecule has 82 valence electrons. The Morgan fingerprint density at radius 1 is 1.47 bits per heavy atom. The minimum absolute atomic E-state index is 0.134. The SMILES string of the molecule is CC1C(=O)N(CC(=O)O)C(=O)N1C1CC1. The highest BCUT2D eigenvalue weighted by molar-refractivity contribution is 6.06. The zero-order valence-electron chi connectivity index (χ0n) is 8.34. The molecule has 0 bridgehead atoms. The molecule has 3 amide bonds. The van der Waals surface area contributed by atoms with E-state index in [-0.39, 0.29) is 6.04 Å². The van der Waals surface area contributed by atoms with Gasteiger partial charge in [0.2, 0.25) is 0 Å². The molecule has 0 aromatic heterocycles. The van der Waals surface area contributed by atoms with E-state index < -0.39 is 30.5 Å². The van der Waals surface area contributed by atoms with Crippen LogP contribution in [0, 0.1) is 0 Å². The van der Waals surface area contributed by atoms with Crippen molar-refractivity contribution in [2.75, 3.05) is 6.54 Å². The van der Waals surface area contributed by atoms with Gasteiger partial charge in [-0.25, -0.2) is 4.79 Å². The number of carbonyl (C=O) groups excluding carboxylic acids is 2. The molecule has 2 rings (SSSR count). The van der Waals surface area contributed by atoms with Crippen molar-refractivity contribution in [2.24, 2.45) is 0 Å². The van der Waals surface area contributed by atoms with Gasteiger partial charge in [-0.3, -0.25) is 14.5 Å². The third kappa shape index (κ3) is 1.55. The first-order valence-electron chi connectivity index (χ1n) is 4.88. The Kier molecular flexibility index (Phi) is 2.13. The monoisotopic (exact) mass is 212 g/mol. The third-order valence-corrected chi connectivity index (χ3v) is 2.73. The van der Waals surface area contributed by atoms with E-state index in [2.05, 4.69) is 0 Å². The first kappa shape index (κ1) is 9.95. The molecule has 1 aliphatic heterocycles. The second-order valence-corrected chi connectivity index (χ2v) is 3.92. The summed E-state index contributed by atoms with van der Waals surface area (Å²) in [6.45, 7) is 1.10. The molecular weight excluding hydrogens is 200 g/mol. The zero-order valence-corrected chi connectivity index (χ0v) is 8.34. The van der Waals surface area contributed by atoms with Crippen molar-refractivity contribution in [2.45, 2.75) is 31.8 Å². The number of carboxylic acids is 1. The van der Waals surface area contributed by atoms with Gasteiger partial charge in [-0.15, -0.1) is 0 Å². The molecule has 1 saturated carbocycles. The number of aliphatic carboxylic acids is 1. The summed E-state index contributed by atoms with van der Waals surface area (Å²) in [4.78, 5) is 36.1. The molecule has 0 radical (unpaired) electrons. The highest BCUT2D eigenvalue weighted by Crippen LogP contribution is 2.33. The maximum absolute atomic E-state index is 11.7. The van der Waals surface area contributed by atoms with Crippen molar-refractivity contribution in [3.05, 3.63) is 0 Å². The molecule has 15 heavy (non-hydrogen) atoms. The molecule has 0 aromatic carbocycles. The number of urea groups is 1. The van der Waals surface area contributed by atoms with Crippen LogP contribution in [0.15, 0.2) is 0 Å². The summed E-state index contributed by atoms with van der Waals surface area (Å²) in [6, 6.07) is -0.836. The van der Waals surface area contributed by atoms with E-state index in [9.17, 15) is 14.4 Å². The van der Waals surface area contributed by atoms with Crippen LogP contribution in [0.3, 0.4) is 0 Å². The van der Waals surface area contributed by atoms with Gasteiger partial charge in [-0.2, -0.15) is 0 Å². The maximum Gasteiger partial charge on any atom is 0.328 e. The minimum atomic E-state index is -1.17. The molecule has 2 aliphatic rings. The second-order valence-electron chi connectivity index (χ2n) is 3.92. The number of carboxylic acid groups (broad SMARTS) is 1. The van der Waals surface area contributed by atoms with Crippen LogP contribution < -0.4 is 0 Å². The lowest BCUT2D eigenvalue weighted by Gasteiger charge is -2.17. The molecule has 0 aromatic rings. The quantitative estimate of drug-likeness (QED) is 0.662. The normalized spacial score (nSPS) is 26.3. The number of hydrogen-bond acceptors (Lipinski definition) is 3. The molecule has 1 N–H and O–H groups in total. The molecule has 1 saturated heterocycles. The highest BCUT2D eigenvalue weighted by atomic mass is 16.4. The average Bonchev–Trinajstić information content (AvgIpc) is 2.93. The summed E-state index contributed by atoms with van der Waals surface area (Å²) >= 11 is 0. The van der Waals surface area contributed by atoms with Crippen LogP contribution in [0.4, 0.5) is 4.79 Å². The van der Waals surface area contributed by atoms with Gasteiger partial charge in [0.15, 0.2) is 0 Å². The number of amides is 3. The molecule has 1 heterocycles. The fourth-order valence-electron chi connectivity index (χ4n) is 1.85. The fourth-order valence-corrected chi connectivity index (χ4v) is 1.85. The van der Waals surface area contributed by atoms with Crippen LogP contribution in [-0.4, -0.2) is 51.4 Å². The van der Waals surface area contributed by atoms with Crippen molar-refractivity contribution in [3.63, 3.8) is 0 Å². The number of rotatable bonds is 3. The Morgan fingerprint density at radius 3 is 2.53 bits per heavy atom. The molecule has 1 atom stereocenters. The summed E-state index contributed by atoms with van der Waals surface area (Å²) in [7, 11) is 0. The Bertz CT molecular complexity index is 337. The lowest BCUT2D eigenvalue weighted by atomic mass is 10.3. The summed E-state index contributed by atoms with van der Waals surface area (Å²) in [5.74, 6) is -1.57. The van der Waals surface area contributed by atoms with E-state index in [1.807, 2.05) is 0 Å². The maximum atomic E-state index is 11.7. The predicted molar refractivity (Wildman–Crippen MR) is 49.1 cm³/mol. The van der Waals surface area contributed by atoms with E-state index in [1.54, 1.807) is 6.92 Å². The molecule has 6 nitrogen and oxygen atoms in total. The van der Waals surface area contributed by atoms with Crippen LogP contribution in [0.1, 0.15) is 19.8 Å². The first-order valence-corrected chi connectivity index (χ1v) is 4.88. The van der Waals surface area contributed by atoms with Crippen molar-refractivity contribution in [1.29, 1.82) is 0 Å². The first-order chi connectivity index (χ1) is 7.02. The van der Waals surface area contributed by atoms with E-state index >= 15 is 0 Å². The number of nitrogens with zero attached hydrogens (tertiary/aromatic N) is 2. The van der Waals surface area contributed by atoms with Crippen molar-refractivity contribution >= 4 is 17.9 Å². The van der Waals surface area contributed by atoms with Gasteiger partial charge >= 0.3 is 12.0 Å². The summed E-state index contributed by atoms with van der Waals surface area (Å²) in [5, 5.41) is 8.57. The van der Waals surface area contributed by atoms with Gasteiger partial charge < -0.3 is 10.0 Å². The smallest absolute Gasteiger partial charge is 0.328 e. The second kappa shape index (κ2) is 3.22. The molecule has 0 spiro atoms. The standard InChI is InChI=1S/C9H12N2O4/c1-5-8(14)10(4-7(12)13)9(15)11(5)6-2-3-6/h5-6H,2-4H2,1H3,(H,12,13). The Hall–Kier alpha value is -1.59. The zero-order chi connectivity index (χ0) is 11.2. The van der Waals surface area contributed by atoms with Gasteiger partial charge in [0.05, 0.1) is 0 Å². The largest absolute Gasteiger partial charge is 0.480 e. The minimum Gasteiger partial charge on any atom is -0.480 e. The van der Waals surface area contributed by atoms with Crippen molar-refractivity contribution in [1.82, 2.24) is 9.80 Å². The average molecular weight is 212 g/mol. The van der Waals surface area contributed by atoms with Gasteiger partial charge in [-0.05, 0) is 19.8 Å². The van der Waals surface area contributed by atoms with Crippen LogP contribution in [0.25, 0.3) is 0 Å². The van der Waals surface area contributed by atoms with E-state index in [0.717, 1.165) is 17.7 Å². The van der Waals surface area contributed by atoms with Gasteiger partial charge in [0.25, 0.3) is 5.91 Å². The van der Waals surface area contributed by atoms with Crippen LogP contribution in [-0.2, 0) is 9.59 Å². The molecular formula is C9H12N2O4. The third-order valence-electron chi connectivity index (χ3n) is 2.73. The van der Waals surface area contributed by atoms with Gasteiger partial charge in [0.1, 0.15) is 12.6 Å². The molecule has 1 aliphatic carbocycles. The van der Waals surface area contributed by atoms with Crippen LogP contribution >= 0.6 is 0 Å². The van der Waals surface area contributed by atoms with E-state index in [4.69, 9.17) is 5.11 Å². The Balaban J connectivity index is 2.16. The number of imide groups is 1. The lowest BCUT2D eigenvalue weighted by Crippen LogP contribution is -2.37. The summed E-state index contributed by atoms with van der Waals surface area (Å²) < 4.78 is 0. The number of hydrogen-bond donors (Lipinski definition) is 1. The van der Waals surface area contributed by atoms with Crippen molar-refractivity contribution in [3.8, 4) is 0 Å². The van der Waals surface area contributed by atoms with Crippen molar-refractivity contribution < 1.29 is 19.5 Å². The highest BCUT2D eigenvalue weighted by Gasteiger charge is 2.49. The van der Waals surface area contributed by atoms with Gasteiger partial charge in [0, 0.05) is 6.04 Å². The molecule has 6 heteroatoms. The molecule has 1 unspecified atom stereocenters. The Labute approximate surface area is 86.4 Å². The summed E-state index contributed by atoms with van der Waals surface area (Å²) in [6.07, 6.45) is 1.81. The van der Waals surface area contributed by atoms with E-state index in [1.165, 1.54) is 4.90 Å². The molecule has 2 fully saturated rings. The van der Waals surface area contributed by atoms with E-state index in [0.29, 0.717) is 0 Å². The van der Waals surface area contributed by atoms with Crippen LogP contribution in [0.5, 0.6) is 0 Å².